The van der Waals surface area contributed by atoms with E-state index in [9.17, 15) is 10.1 Å². The van der Waals surface area contributed by atoms with Crippen LogP contribution in [0.1, 0.15) is 5.69 Å². The molecule has 0 bridgehead atoms. The summed E-state index contributed by atoms with van der Waals surface area (Å²) in [6.07, 6.45) is 0. The van der Waals surface area contributed by atoms with Gasteiger partial charge >= 0.3 is 5.69 Å². The topological polar surface area (TPSA) is 105 Å². The number of piperazine rings is 1. The standard InChI is InChI=1S/C16H20N6O3/c1-11-14(22(23)24)15(19-12-3-5-13(25-2)6-4-12)20-16(18-11)21-9-7-17-8-10-21/h3-6,17H,7-10H2,1-2H3,(H,18,19,20). The van der Waals surface area contributed by atoms with Crippen molar-refractivity contribution in [3.63, 3.8) is 0 Å². The van der Waals surface area contributed by atoms with E-state index in [1.165, 1.54) is 0 Å². The number of rotatable bonds is 5. The average molecular weight is 344 g/mol. The highest BCUT2D eigenvalue weighted by Gasteiger charge is 2.24. The number of nitrogens with one attached hydrogen (secondary N) is 2. The van der Waals surface area contributed by atoms with Crippen LogP contribution in [0.5, 0.6) is 5.75 Å². The van der Waals surface area contributed by atoms with Crippen LogP contribution in [0.2, 0.25) is 0 Å². The molecule has 0 unspecified atom stereocenters. The van der Waals surface area contributed by atoms with Crippen molar-refractivity contribution in [2.75, 3.05) is 43.5 Å². The van der Waals surface area contributed by atoms with Gasteiger partial charge in [-0.2, -0.15) is 4.98 Å². The number of methoxy groups -OCH3 is 1. The lowest BCUT2D eigenvalue weighted by Gasteiger charge is -2.27. The molecule has 0 saturated carbocycles. The maximum atomic E-state index is 11.5. The summed E-state index contributed by atoms with van der Waals surface area (Å²) in [7, 11) is 1.58. The van der Waals surface area contributed by atoms with Crippen molar-refractivity contribution in [2.45, 2.75) is 6.92 Å². The maximum absolute atomic E-state index is 11.5. The molecule has 0 atom stereocenters. The number of aromatic nitrogens is 2. The average Bonchev–Trinajstić information content (AvgIpc) is 2.62. The first-order chi connectivity index (χ1) is 12.1. The van der Waals surface area contributed by atoms with Gasteiger partial charge in [-0.1, -0.05) is 0 Å². The van der Waals surface area contributed by atoms with Crippen LogP contribution in [-0.2, 0) is 0 Å². The number of anilines is 3. The third-order valence-corrected chi connectivity index (χ3v) is 3.98. The summed E-state index contributed by atoms with van der Waals surface area (Å²) in [5.41, 5.74) is 0.910. The van der Waals surface area contributed by atoms with E-state index in [0.29, 0.717) is 23.1 Å². The third kappa shape index (κ3) is 3.77. The molecule has 0 spiro atoms. The summed E-state index contributed by atoms with van der Waals surface area (Å²) in [5, 5.41) is 17.8. The highest BCUT2D eigenvalue weighted by molar-refractivity contribution is 5.68. The van der Waals surface area contributed by atoms with Gasteiger partial charge < -0.3 is 20.3 Å². The maximum Gasteiger partial charge on any atom is 0.332 e. The van der Waals surface area contributed by atoms with Crippen LogP contribution < -0.4 is 20.3 Å². The molecule has 2 aromatic rings. The number of hydrogen-bond donors (Lipinski definition) is 2. The van der Waals surface area contributed by atoms with Gasteiger partial charge in [0.1, 0.15) is 11.4 Å². The van der Waals surface area contributed by atoms with Crippen molar-refractivity contribution in [1.29, 1.82) is 0 Å². The Hall–Kier alpha value is -2.94. The Balaban J connectivity index is 1.95. The largest absolute Gasteiger partial charge is 0.497 e. The second-order valence-corrected chi connectivity index (χ2v) is 5.65. The number of nitro groups is 1. The molecule has 1 saturated heterocycles. The van der Waals surface area contributed by atoms with E-state index in [1.54, 1.807) is 38.3 Å². The number of hydrogen-bond acceptors (Lipinski definition) is 8. The Morgan fingerprint density at radius 3 is 2.52 bits per heavy atom. The second-order valence-electron chi connectivity index (χ2n) is 5.65. The summed E-state index contributed by atoms with van der Waals surface area (Å²) in [4.78, 5) is 21.8. The molecule has 0 amide bonds. The van der Waals surface area contributed by atoms with Crippen molar-refractivity contribution >= 4 is 23.1 Å². The Bertz CT molecular complexity index is 759. The van der Waals surface area contributed by atoms with Gasteiger partial charge in [0.25, 0.3) is 0 Å². The summed E-state index contributed by atoms with van der Waals surface area (Å²) < 4.78 is 5.12. The molecule has 1 aromatic carbocycles. The van der Waals surface area contributed by atoms with Crippen LogP contribution in [0.4, 0.5) is 23.1 Å². The van der Waals surface area contributed by atoms with Crippen molar-refractivity contribution in [1.82, 2.24) is 15.3 Å². The van der Waals surface area contributed by atoms with Crippen LogP contribution in [0.3, 0.4) is 0 Å². The SMILES string of the molecule is COc1ccc(Nc2nc(N3CCNCC3)nc(C)c2[N+](=O)[O-])cc1. The van der Waals surface area contributed by atoms with E-state index >= 15 is 0 Å². The molecule has 132 valence electrons. The van der Waals surface area contributed by atoms with Gasteiger partial charge in [-0.05, 0) is 31.2 Å². The zero-order chi connectivity index (χ0) is 17.8. The van der Waals surface area contributed by atoms with E-state index in [-0.39, 0.29) is 11.5 Å². The fraction of sp³-hybridized carbons (Fsp3) is 0.375. The van der Waals surface area contributed by atoms with Gasteiger partial charge in [0.15, 0.2) is 0 Å². The number of benzene rings is 1. The number of aryl methyl sites for hydroxylation is 1. The molecule has 25 heavy (non-hydrogen) atoms. The van der Waals surface area contributed by atoms with Gasteiger partial charge in [-0.15, -0.1) is 0 Å². The van der Waals surface area contributed by atoms with Crippen molar-refractivity contribution < 1.29 is 9.66 Å². The van der Waals surface area contributed by atoms with Gasteiger partial charge in [0.05, 0.1) is 12.0 Å². The molecule has 1 aliphatic heterocycles. The first-order valence-corrected chi connectivity index (χ1v) is 7.98. The molecular weight excluding hydrogens is 324 g/mol. The van der Waals surface area contributed by atoms with Gasteiger partial charge in [0, 0.05) is 31.9 Å². The van der Waals surface area contributed by atoms with E-state index in [4.69, 9.17) is 4.74 Å². The van der Waals surface area contributed by atoms with E-state index < -0.39 is 4.92 Å². The molecule has 2 heterocycles. The molecule has 0 aliphatic carbocycles. The fourth-order valence-corrected chi connectivity index (χ4v) is 2.68. The molecule has 3 rings (SSSR count). The van der Waals surface area contributed by atoms with Crippen LogP contribution in [0, 0.1) is 17.0 Å². The number of ether oxygens (including phenoxy) is 1. The fourth-order valence-electron chi connectivity index (χ4n) is 2.68. The van der Waals surface area contributed by atoms with Crippen LogP contribution >= 0.6 is 0 Å². The van der Waals surface area contributed by atoms with Crippen molar-refractivity contribution in [2.24, 2.45) is 0 Å². The van der Waals surface area contributed by atoms with E-state index in [2.05, 4.69) is 20.6 Å². The zero-order valence-corrected chi connectivity index (χ0v) is 14.2. The molecular formula is C16H20N6O3. The first-order valence-electron chi connectivity index (χ1n) is 7.98. The van der Waals surface area contributed by atoms with Gasteiger partial charge in [-0.25, -0.2) is 4.98 Å². The van der Waals surface area contributed by atoms with Gasteiger partial charge in [-0.3, -0.25) is 10.1 Å². The lowest BCUT2D eigenvalue weighted by atomic mass is 10.3. The molecule has 9 heteroatoms. The minimum atomic E-state index is -0.456. The molecule has 0 radical (unpaired) electrons. The minimum Gasteiger partial charge on any atom is -0.497 e. The Labute approximate surface area is 145 Å². The summed E-state index contributed by atoms with van der Waals surface area (Å²) >= 11 is 0. The number of nitrogens with zero attached hydrogens (tertiary/aromatic N) is 4. The predicted molar refractivity (Wildman–Crippen MR) is 94.8 cm³/mol. The Morgan fingerprint density at radius 2 is 1.92 bits per heavy atom. The Morgan fingerprint density at radius 1 is 1.24 bits per heavy atom. The highest BCUT2D eigenvalue weighted by atomic mass is 16.6. The third-order valence-electron chi connectivity index (χ3n) is 3.98. The van der Waals surface area contributed by atoms with Crippen LogP contribution in [0.25, 0.3) is 0 Å². The first kappa shape index (κ1) is 16.9. The van der Waals surface area contributed by atoms with Gasteiger partial charge in [0.2, 0.25) is 11.8 Å². The lowest BCUT2D eigenvalue weighted by molar-refractivity contribution is -0.385. The van der Waals surface area contributed by atoms with Crippen molar-refractivity contribution in [3.8, 4) is 5.75 Å². The summed E-state index contributed by atoms with van der Waals surface area (Å²) in [5.74, 6) is 1.40. The highest BCUT2D eigenvalue weighted by Crippen LogP contribution is 2.30. The van der Waals surface area contributed by atoms with Crippen LogP contribution in [0.15, 0.2) is 24.3 Å². The smallest absolute Gasteiger partial charge is 0.332 e. The summed E-state index contributed by atoms with van der Waals surface area (Å²) in [6, 6.07) is 7.12. The second kappa shape index (κ2) is 7.31. The predicted octanol–water partition coefficient (Wildman–Crippen LogP) is 1.86. The van der Waals surface area contributed by atoms with Crippen LogP contribution in [-0.4, -0.2) is 48.2 Å². The molecule has 9 nitrogen and oxygen atoms in total. The molecule has 1 aliphatic rings. The monoisotopic (exact) mass is 344 g/mol. The van der Waals surface area contributed by atoms with Crippen molar-refractivity contribution in [3.05, 3.63) is 40.1 Å². The summed E-state index contributed by atoms with van der Waals surface area (Å²) in [6.45, 7) is 4.82. The minimum absolute atomic E-state index is 0.116. The zero-order valence-electron chi connectivity index (χ0n) is 14.2. The lowest BCUT2D eigenvalue weighted by Crippen LogP contribution is -2.44. The Kier molecular flexibility index (Phi) is 4.94. The molecule has 1 aromatic heterocycles. The van der Waals surface area contributed by atoms with E-state index in [1.807, 2.05) is 4.90 Å². The molecule has 2 N–H and O–H groups in total. The normalized spacial score (nSPS) is 14.2. The van der Waals surface area contributed by atoms with E-state index in [0.717, 1.165) is 26.2 Å². The quantitative estimate of drug-likeness (QED) is 0.625. The molecule has 1 fully saturated rings.